The Morgan fingerprint density at radius 1 is 0.929 bits per heavy atom. The Balaban J connectivity index is 1.62. The molecule has 0 aliphatic rings. The van der Waals surface area contributed by atoms with E-state index in [4.69, 9.17) is 4.18 Å². The van der Waals surface area contributed by atoms with Gasteiger partial charge in [0, 0.05) is 0 Å². The van der Waals surface area contributed by atoms with E-state index in [0.717, 1.165) is 0 Å². The zero-order valence-electron chi connectivity index (χ0n) is 14.5. The first-order valence-corrected chi connectivity index (χ1v) is 9.57. The molecule has 8 heteroatoms. The van der Waals surface area contributed by atoms with Gasteiger partial charge in [0.25, 0.3) is 5.91 Å². The van der Waals surface area contributed by atoms with Gasteiger partial charge in [-0.2, -0.15) is 13.5 Å². The molecule has 0 fully saturated rings. The molecular formula is C20H16N2O5S. The van der Waals surface area contributed by atoms with Gasteiger partial charge in [0.15, 0.2) is 0 Å². The first-order valence-electron chi connectivity index (χ1n) is 8.17. The summed E-state index contributed by atoms with van der Waals surface area (Å²) in [6.45, 7) is 0. The maximum atomic E-state index is 12.2. The first-order chi connectivity index (χ1) is 13.5. The average molecular weight is 396 g/mol. The number of hydrogen-bond acceptors (Lipinski definition) is 6. The van der Waals surface area contributed by atoms with Gasteiger partial charge in [0.05, 0.1) is 11.8 Å². The van der Waals surface area contributed by atoms with E-state index in [1.54, 1.807) is 42.5 Å². The number of hydrazone groups is 1. The minimum absolute atomic E-state index is 0.0625. The summed E-state index contributed by atoms with van der Waals surface area (Å²) in [5.74, 6) is -0.543. The van der Waals surface area contributed by atoms with Gasteiger partial charge in [0.1, 0.15) is 16.4 Å². The smallest absolute Gasteiger partial charge is 0.339 e. The number of nitrogens with zero attached hydrogens (tertiary/aromatic N) is 1. The van der Waals surface area contributed by atoms with Crippen molar-refractivity contribution in [1.29, 1.82) is 0 Å². The third kappa shape index (κ3) is 4.74. The molecular weight excluding hydrogens is 380 g/mol. The highest BCUT2D eigenvalue weighted by atomic mass is 32.2. The molecule has 0 heterocycles. The van der Waals surface area contributed by atoms with E-state index >= 15 is 0 Å². The van der Waals surface area contributed by atoms with Crippen LogP contribution in [-0.4, -0.2) is 25.6 Å². The molecule has 0 aliphatic carbocycles. The summed E-state index contributed by atoms with van der Waals surface area (Å²) in [5.41, 5.74) is 3.03. The molecule has 3 rings (SSSR count). The molecule has 7 nitrogen and oxygen atoms in total. The van der Waals surface area contributed by atoms with E-state index in [0.29, 0.717) is 5.56 Å². The number of rotatable bonds is 6. The first kappa shape index (κ1) is 19.1. The van der Waals surface area contributed by atoms with Gasteiger partial charge < -0.3 is 9.29 Å². The van der Waals surface area contributed by atoms with Crippen molar-refractivity contribution in [2.75, 3.05) is 0 Å². The predicted molar refractivity (Wildman–Crippen MR) is 104 cm³/mol. The average Bonchev–Trinajstić information content (AvgIpc) is 2.70. The van der Waals surface area contributed by atoms with Crippen LogP contribution in [-0.2, 0) is 10.1 Å². The van der Waals surface area contributed by atoms with E-state index in [2.05, 4.69) is 10.5 Å². The van der Waals surface area contributed by atoms with Gasteiger partial charge in [-0.3, -0.25) is 4.79 Å². The van der Waals surface area contributed by atoms with Crippen LogP contribution >= 0.6 is 0 Å². The summed E-state index contributed by atoms with van der Waals surface area (Å²) in [7, 11) is -3.90. The molecule has 3 aromatic carbocycles. The molecule has 0 spiro atoms. The number of phenols is 1. The molecule has 1 amide bonds. The Bertz CT molecular complexity index is 1090. The minimum atomic E-state index is -3.90. The van der Waals surface area contributed by atoms with Crippen LogP contribution in [0.5, 0.6) is 11.5 Å². The number of aromatic hydroxyl groups is 1. The fourth-order valence-electron chi connectivity index (χ4n) is 2.26. The Morgan fingerprint density at radius 2 is 1.57 bits per heavy atom. The van der Waals surface area contributed by atoms with E-state index in [-0.39, 0.29) is 22.0 Å². The number of nitrogens with one attached hydrogen (secondary N) is 1. The highest BCUT2D eigenvalue weighted by Crippen LogP contribution is 2.19. The van der Waals surface area contributed by atoms with Crippen molar-refractivity contribution in [2.45, 2.75) is 4.90 Å². The molecule has 0 aliphatic heterocycles. The van der Waals surface area contributed by atoms with Crippen molar-refractivity contribution >= 4 is 22.2 Å². The number of amides is 1. The van der Waals surface area contributed by atoms with Gasteiger partial charge in [-0.25, -0.2) is 5.43 Å². The summed E-state index contributed by atoms with van der Waals surface area (Å²) < 4.78 is 29.4. The molecule has 28 heavy (non-hydrogen) atoms. The second kappa shape index (κ2) is 8.36. The Labute approximate surface area is 162 Å². The van der Waals surface area contributed by atoms with Gasteiger partial charge in [-0.1, -0.05) is 30.3 Å². The largest absolute Gasteiger partial charge is 0.507 e. The topological polar surface area (TPSA) is 105 Å². The third-order valence-corrected chi connectivity index (χ3v) is 4.91. The van der Waals surface area contributed by atoms with Crippen LogP contribution in [0.4, 0.5) is 0 Å². The maximum absolute atomic E-state index is 12.2. The van der Waals surface area contributed by atoms with Crippen LogP contribution in [0.25, 0.3) is 0 Å². The summed E-state index contributed by atoms with van der Waals surface area (Å²) in [4.78, 5) is 12.0. The van der Waals surface area contributed by atoms with Crippen LogP contribution < -0.4 is 9.61 Å². The second-order valence-corrected chi connectivity index (χ2v) is 7.18. The van der Waals surface area contributed by atoms with Gasteiger partial charge in [-0.15, -0.1) is 0 Å². The molecule has 142 valence electrons. The van der Waals surface area contributed by atoms with E-state index in [1.165, 1.54) is 42.6 Å². The van der Waals surface area contributed by atoms with Crippen LogP contribution in [0, 0.1) is 0 Å². The fraction of sp³-hybridized carbons (Fsp3) is 0. The van der Waals surface area contributed by atoms with Crippen molar-refractivity contribution in [3.05, 3.63) is 90.0 Å². The molecule has 0 radical (unpaired) electrons. The summed E-state index contributed by atoms with van der Waals surface area (Å²) in [6.07, 6.45) is 1.38. The van der Waals surface area contributed by atoms with E-state index < -0.39 is 16.0 Å². The zero-order chi connectivity index (χ0) is 20.0. The monoisotopic (exact) mass is 396 g/mol. The van der Waals surface area contributed by atoms with Crippen LogP contribution in [0.1, 0.15) is 15.9 Å². The minimum Gasteiger partial charge on any atom is -0.507 e. The number of benzene rings is 3. The van der Waals surface area contributed by atoms with Gasteiger partial charge >= 0.3 is 10.1 Å². The van der Waals surface area contributed by atoms with Crippen molar-refractivity contribution in [1.82, 2.24) is 5.43 Å². The number of carbonyl (C=O) groups excluding carboxylic acids is 1. The van der Waals surface area contributed by atoms with Crippen molar-refractivity contribution in [2.24, 2.45) is 5.10 Å². The second-order valence-electron chi connectivity index (χ2n) is 5.64. The number of carbonyl (C=O) groups is 1. The van der Waals surface area contributed by atoms with Crippen molar-refractivity contribution in [3.8, 4) is 11.5 Å². The molecule has 0 atom stereocenters. The maximum Gasteiger partial charge on any atom is 0.339 e. The molecule has 0 bridgehead atoms. The molecule has 0 saturated carbocycles. The standard InChI is InChI=1S/C20H16N2O5S/c23-19-9-5-4-8-18(19)20(24)22-21-14-15-10-12-16(13-11-15)27-28(25,26)17-6-2-1-3-7-17/h1-14,23H,(H,22,24)/b21-14-. The molecule has 3 aromatic rings. The van der Waals surface area contributed by atoms with Crippen LogP contribution in [0.3, 0.4) is 0 Å². The third-order valence-electron chi connectivity index (χ3n) is 3.65. The number of hydrogen-bond donors (Lipinski definition) is 2. The Kier molecular flexibility index (Phi) is 5.71. The Hall–Kier alpha value is -3.65. The number of phenolic OH excluding ortho intramolecular Hbond substituents is 1. The molecule has 0 saturated heterocycles. The Morgan fingerprint density at radius 3 is 2.25 bits per heavy atom. The lowest BCUT2D eigenvalue weighted by atomic mass is 10.2. The molecule has 2 N–H and O–H groups in total. The summed E-state index contributed by atoms with van der Waals surface area (Å²) in [5, 5.41) is 13.4. The van der Waals surface area contributed by atoms with Gasteiger partial charge in [0.2, 0.25) is 0 Å². The highest BCUT2D eigenvalue weighted by Gasteiger charge is 2.15. The van der Waals surface area contributed by atoms with Crippen LogP contribution in [0.15, 0.2) is 88.9 Å². The van der Waals surface area contributed by atoms with Gasteiger partial charge in [-0.05, 0) is 54.1 Å². The van der Waals surface area contributed by atoms with Crippen molar-refractivity contribution < 1.29 is 22.5 Å². The number of para-hydroxylation sites is 1. The lowest BCUT2D eigenvalue weighted by Crippen LogP contribution is -2.17. The summed E-state index contributed by atoms with van der Waals surface area (Å²) in [6, 6.07) is 20.1. The van der Waals surface area contributed by atoms with Crippen LogP contribution in [0.2, 0.25) is 0 Å². The highest BCUT2D eigenvalue weighted by molar-refractivity contribution is 7.87. The van der Waals surface area contributed by atoms with E-state index in [1.807, 2.05) is 0 Å². The quantitative estimate of drug-likeness (QED) is 0.379. The van der Waals surface area contributed by atoms with Crippen molar-refractivity contribution in [3.63, 3.8) is 0 Å². The fourth-order valence-corrected chi connectivity index (χ4v) is 3.21. The normalized spacial score (nSPS) is 11.3. The predicted octanol–water partition coefficient (Wildman–Crippen LogP) is 2.92. The molecule has 0 unspecified atom stereocenters. The molecule has 0 aromatic heterocycles. The van der Waals surface area contributed by atoms with E-state index in [9.17, 15) is 18.3 Å². The lowest BCUT2D eigenvalue weighted by molar-refractivity contribution is 0.0952. The lowest BCUT2D eigenvalue weighted by Gasteiger charge is -2.07. The zero-order valence-corrected chi connectivity index (χ0v) is 15.3. The summed E-state index contributed by atoms with van der Waals surface area (Å²) >= 11 is 0. The SMILES string of the molecule is O=C(N/N=C\c1ccc(OS(=O)(=O)c2ccccc2)cc1)c1ccccc1O.